The van der Waals surface area contributed by atoms with Crippen LogP contribution in [0.15, 0.2) is 382 Å². The molecule has 93 heavy (non-hydrogen) atoms. The normalized spacial score (nSPS) is 11.7. The maximum atomic E-state index is 5.85. The molecule has 0 radical (unpaired) electrons. The highest BCUT2D eigenvalue weighted by atomic mass is 28.3. The molecule has 5 heteroatoms. The zero-order valence-corrected chi connectivity index (χ0v) is 53.2. The summed E-state index contributed by atoms with van der Waals surface area (Å²) in [5.41, 5.74) is 14.3. The third kappa shape index (κ3) is 10.4. The summed E-state index contributed by atoms with van der Waals surface area (Å²) in [7, 11) is -7.15. The summed E-state index contributed by atoms with van der Waals surface area (Å²) in [5.74, 6) is 1.44. The van der Waals surface area contributed by atoms with E-state index in [1.54, 1.807) is 0 Å². The fraction of sp³-hybridized carbons (Fsp3) is 0. The van der Waals surface area contributed by atoms with E-state index in [9.17, 15) is 0 Å². The van der Waals surface area contributed by atoms with Crippen LogP contribution in [0.25, 0.3) is 94.8 Å². The van der Waals surface area contributed by atoms with Crippen LogP contribution in [0.5, 0.6) is 0 Å². The van der Waals surface area contributed by atoms with Crippen LogP contribution in [0.1, 0.15) is 0 Å². The van der Waals surface area contributed by atoms with Crippen molar-refractivity contribution in [1.82, 2.24) is 14.5 Å². The third-order valence-electron chi connectivity index (χ3n) is 18.7. The third-order valence-corrected chi connectivity index (χ3v) is 28.1. The molecule has 14 aromatic carbocycles. The van der Waals surface area contributed by atoms with Crippen molar-refractivity contribution >= 4 is 79.4 Å². The van der Waals surface area contributed by atoms with Crippen molar-refractivity contribution in [2.45, 2.75) is 0 Å². The summed E-state index contributed by atoms with van der Waals surface area (Å²) < 4.78 is 2.34. The summed E-state index contributed by atoms with van der Waals surface area (Å²) in [5, 5.41) is 12.4. The lowest BCUT2D eigenvalue weighted by atomic mass is 10.1. The molecule has 0 amide bonds. The number of nitrogens with zero attached hydrogens (tertiary/aromatic N) is 3. The zero-order chi connectivity index (χ0) is 62.0. The SMILES string of the molecule is c1ccc(-c2cccc([Si](c3ccccc3)(c3cccc(-c4ccccc4)c3)c3cc(-c4cc(-n5c6ccccc6c6ccccc65)nc(-c5ccccc5)n4)cc([Si](c4ccccc4)(c4cccc(-c5ccccc5)c4)c4cccc(-c5ccccc5)c4)c3)c2)cc1. The van der Waals surface area contributed by atoms with Crippen LogP contribution in [-0.2, 0) is 0 Å². The molecule has 3 nitrogen and oxygen atoms in total. The molecular weight excluding hydrogens is 1160 g/mol. The van der Waals surface area contributed by atoms with E-state index in [0.29, 0.717) is 5.82 Å². The van der Waals surface area contributed by atoms with Crippen LogP contribution in [-0.4, -0.2) is 30.7 Å². The highest BCUT2D eigenvalue weighted by Crippen LogP contribution is 2.35. The molecule has 0 saturated carbocycles. The van der Waals surface area contributed by atoms with Gasteiger partial charge in [-0.2, -0.15) is 0 Å². The second-order valence-electron chi connectivity index (χ2n) is 24.0. The molecule has 0 spiro atoms. The Balaban J connectivity index is 1.10. The second-order valence-corrected chi connectivity index (χ2v) is 31.6. The van der Waals surface area contributed by atoms with Gasteiger partial charge in [0.05, 0.1) is 16.7 Å². The summed E-state index contributed by atoms with van der Waals surface area (Å²) in [4.78, 5) is 11.5. The second kappa shape index (κ2) is 24.6. The largest absolute Gasteiger partial charge is 0.294 e. The molecule has 0 fully saturated rings. The molecule has 0 aliphatic carbocycles. The van der Waals surface area contributed by atoms with Crippen molar-refractivity contribution in [2.75, 3.05) is 0 Å². The Morgan fingerprint density at radius 1 is 0.194 bits per heavy atom. The van der Waals surface area contributed by atoms with Gasteiger partial charge in [-0.25, -0.2) is 9.97 Å². The van der Waals surface area contributed by atoms with Gasteiger partial charge in [0.1, 0.15) is 5.82 Å². The minimum absolute atomic E-state index is 0.646. The van der Waals surface area contributed by atoms with Crippen molar-refractivity contribution in [1.29, 1.82) is 0 Å². The molecule has 0 aliphatic rings. The first-order valence-electron chi connectivity index (χ1n) is 31.9. The average Bonchev–Trinajstić information content (AvgIpc) is 1.87. The Kier molecular flexibility index (Phi) is 15.0. The van der Waals surface area contributed by atoms with Crippen LogP contribution < -0.4 is 41.5 Å². The van der Waals surface area contributed by atoms with E-state index in [0.717, 1.165) is 33.7 Å². The average molecular weight is 1220 g/mol. The molecule has 2 heterocycles. The highest BCUT2D eigenvalue weighted by molar-refractivity contribution is 7.22. The number of aromatic nitrogens is 3. The summed E-state index contributed by atoms with van der Waals surface area (Å²) in [6.07, 6.45) is 0. The van der Waals surface area contributed by atoms with Gasteiger partial charge < -0.3 is 0 Å². The minimum atomic E-state index is -3.58. The molecule has 16 aromatic rings. The van der Waals surface area contributed by atoms with Crippen LogP contribution in [0.2, 0.25) is 0 Å². The van der Waals surface area contributed by atoms with Crippen LogP contribution in [0.4, 0.5) is 0 Å². The Bertz CT molecular complexity index is 4860. The van der Waals surface area contributed by atoms with Gasteiger partial charge in [-0.15, -0.1) is 0 Å². The Morgan fingerprint density at radius 2 is 0.473 bits per heavy atom. The minimum Gasteiger partial charge on any atom is -0.294 e. The lowest BCUT2D eigenvalue weighted by Crippen LogP contribution is -2.78. The summed E-state index contributed by atoms with van der Waals surface area (Å²) in [6.45, 7) is 0. The van der Waals surface area contributed by atoms with Crippen molar-refractivity contribution in [3.05, 3.63) is 382 Å². The van der Waals surface area contributed by atoms with E-state index in [-0.39, 0.29) is 0 Å². The molecule has 0 bridgehead atoms. The maximum Gasteiger partial charge on any atom is 0.179 e. The first kappa shape index (κ1) is 56.6. The van der Waals surface area contributed by atoms with Gasteiger partial charge in [0.2, 0.25) is 0 Å². The van der Waals surface area contributed by atoms with E-state index >= 15 is 0 Å². The number of hydrogen-bond acceptors (Lipinski definition) is 2. The predicted molar refractivity (Wildman–Crippen MR) is 396 cm³/mol. The molecular formula is C88H63N3Si2. The molecule has 0 unspecified atom stereocenters. The van der Waals surface area contributed by atoms with Gasteiger partial charge >= 0.3 is 0 Å². The quantitative estimate of drug-likeness (QED) is 0.0756. The van der Waals surface area contributed by atoms with Gasteiger partial charge in [0.15, 0.2) is 22.0 Å². The Labute approximate surface area is 545 Å². The van der Waals surface area contributed by atoms with Gasteiger partial charge in [0, 0.05) is 28.0 Å². The molecule has 0 atom stereocenters. The number of rotatable bonds is 15. The number of hydrogen-bond donors (Lipinski definition) is 0. The molecule has 0 aliphatic heterocycles. The van der Waals surface area contributed by atoms with Crippen molar-refractivity contribution < 1.29 is 0 Å². The van der Waals surface area contributed by atoms with Crippen LogP contribution in [0.3, 0.4) is 0 Å². The van der Waals surface area contributed by atoms with Crippen molar-refractivity contribution in [3.8, 4) is 73.0 Å². The fourth-order valence-electron chi connectivity index (χ4n) is 14.4. The Hall–Kier alpha value is -11.6. The summed E-state index contributed by atoms with van der Waals surface area (Å²) >= 11 is 0. The topological polar surface area (TPSA) is 30.7 Å². The van der Waals surface area contributed by atoms with E-state index in [2.05, 4.69) is 387 Å². The molecule has 16 rings (SSSR count). The van der Waals surface area contributed by atoms with E-state index in [1.165, 1.54) is 96.8 Å². The molecule has 438 valence electrons. The van der Waals surface area contributed by atoms with Crippen molar-refractivity contribution in [3.63, 3.8) is 0 Å². The van der Waals surface area contributed by atoms with Gasteiger partial charge in [-0.1, -0.05) is 364 Å². The molecule has 0 N–H and O–H groups in total. The lowest BCUT2D eigenvalue weighted by Gasteiger charge is -2.39. The molecule has 2 aromatic heterocycles. The highest BCUT2D eigenvalue weighted by Gasteiger charge is 2.47. The van der Waals surface area contributed by atoms with E-state index in [4.69, 9.17) is 9.97 Å². The Morgan fingerprint density at radius 3 is 0.828 bits per heavy atom. The van der Waals surface area contributed by atoms with Gasteiger partial charge in [-0.05, 0) is 98.1 Å². The lowest BCUT2D eigenvalue weighted by molar-refractivity contribution is 1.05. The standard InChI is InChI=1S/C88H63N3Si2/c1-8-30-64(31-9-1)69-40-26-48-76(56-69)92(74-44-18-6-19-45-74,77-49-27-41-70(57-77)65-32-10-2-11-33-65)80-60-73(84-63-87(90-88(89-84)68-38-16-5-17-39-68)91-85-54-24-22-52-82(85)83-53-23-25-55-86(83)91)61-81(62-80)93(75-46-20-7-21-47-75,78-50-28-42-71(58-78)66-34-12-3-13-35-66)79-51-29-43-72(59-79)67-36-14-4-15-37-67/h1-63H. The number of para-hydroxylation sites is 2. The first-order valence-corrected chi connectivity index (χ1v) is 35.9. The zero-order valence-electron chi connectivity index (χ0n) is 51.2. The van der Waals surface area contributed by atoms with E-state index < -0.39 is 16.1 Å². The monoisotopic (exact) mass is 1220 g/mol. The van der Waals surface area contributed by atoms with Crippen molar-refractivity contribution in [2.24, 2.45) is 0 Å². The number of fused-ring (bicyclic) bond motifs is 3. The van der Waals surface area contributed by atoms with E-state index in [1.807, 2.05) is 0 Å². The van der Waals surface area contributed by atoms with Gasteiger partial charge in [-0.3, -0.25) is 4.57 Å². The molecule has 0 saturated heterocycles. The smallest absolute Gasteiger partial charge is 0.179 e. The summed E-state index contributed by atoms with van der Waals surface area (Å²) in [6, 6.07) is 142. The van der Waals surface area contributed by atoms with Gasteiger partial charge in [0.25, 0.3) is 0 Å². The first-order chi connectivity index (χ1) is 46.1. The fourth-order valence-corrected chi connectivity index (χ4v) is 24.3. The maximum absolute atomic E-state index is 5.85. The van der Waals surface area contributed by atoms with Crippen LogP contribution >= 0.6 is 0 Å². The van der Waals surface area contributed by atoms with Crippen LogP contribution in [0, 0.1) is 0 Å². The number of benzene rings is 14. The predicted octanol–water partition coefficient (Wildman–Crippen LogP) is 16.3.